The Kier molecular flexibility index (Phi) is 4.49. The minimum atomic E-state index is -0.657. The first kappa shape index (κ1) is 9.10. The number of ether oxygens (including phenoxy) is 1. The first-order chi connectivity index (χ1) is 4.72. The Bertz CT molecular complexity index is 124. The molecule has 0 bridgehead atoms. The molecule has 2 N–H and O–H groups in total. The third-order valence-electron chi connectivity index (χ3n) is 1.10. The van der Waals surface area contributed by atoms with Gasteiger partial charge >= 0.3 is 5.97 Å². The molecule has 58 valence electrons. The van der Waals surface area contributed by atoms with Crippen molar-refractivity contribution in [2.45, 2.75) is 18.9 Å². The minimum Gasteiger partial charge on any atom is -0.468 e. The van der Waals surface area contributed by atoms with Gasteiger partial charge in [0.05, 0.1) is 7.11 Å². The largest absolute Gasteiger partial charge is 0.468 e. The molecule has 0 radical (unpaired) electrons. The highest BCUT2D eigenvalue weighted by molar-refractivity contribution is 5.75. The highest BCUT2D eigenvalue weighted by Crippen LogP contribution is 1.92. The Hall–Kier alpha value is -0.900. The fourth-order valence-electron chi connectivity index (χ4n) is 0.517. The van der Waals surface area contributed by atoms with Crippen LogP contribution in [0.25, 0.3) is 0 Å². The predicted octanol–water partition coefficient (Wildman–Crippen LogP) is -0.534. The molecule has 0 saturated heterocycles. The minimum absolute atomic E-state index is 0.302. The normalized spacial score (nSPS) is 12.2. The van der Waals surface area contributed by atoms with Crippen molar-refractivity contribution < 1.29 is 14.3 Å². The lowest BCUT2D eigenvalue weighted by Gasteiger charge is -2.05. The Labute approximate surface area is 59.3 Å². The maximum atomic E-state index is 10.6. The van der Waals surface area contributed by atoms with Crippen molar-refractivity contribution in [1.82, 2.24) is 0 Å². The Balaban J connectivity index is 3.50. The average molecular weight is 145 g/mol. The summed E-state index contributed by atoms with van der Waals surface area (Å²) in [4.78, 5) is 20.4. The first-order valence-corrected chi connectivity index (χ1v) is 2.99. The summed E-state index contributed by atoms with van der Waals surface area (Å²) in [6.45, 7) is 0. The van der Waals surface area contributed by atoms with Crippen LogP contribution in [0.5, 0.6) is 0 Å². The molecule has 10 heavy (non-hydrogen) atoms. The molecule has 0 amide bonds. The molecule has 0 rings (SSSR count). The standard InChI is InChI=1S/C6H11NO3/c1-10-6(9)5(7)3-2-4-8/h4-5H,2-3,7H2,1H3. The van der Waals surface area contributed by atoms with Gasteiger partial charge in [0.25, 0.3) is 0 Å². The molecule has 4 heteroatoms. The molecule has 1 atom stereocenters. The van der Waals surface area contributed by atoms with Gasteiger partial charge < -0.3 is 15.3 Å². The van der Waals surface area contributed by atoms with E-state index in [2.05, 4.69) is 4.74 Å². The van der Waals surface area contributed by atoms with E-state index in [9.17, 15) is 9.59 Å². The fraction of sp³-hybridized carbons (Fsp3) is 0.667. The second kappa shape index (κ2) is 4.93. The van der Waals surface area contributed by atoms with Crippen molar-refractivity contribution in [1.29, 1.82) is 0 Å². The summed E-state index contributed by atoms with van der Waals surface area (Å²) >= 11 is 0. The number of carbonyl (C=O) groups is 2. The van der Waals surface area contributed by atoms with Crippen LogP contribution < -0.4 is 5.73 Å². The summed E-state index contributed by atoms with van der Waals surface area (Å²) in [5.74, 6) is -0.471. The van der Waals surface area contributed by atoms with E-state index in [4.69, 9.17) is 5.73 Å². The summed E-state index contributed by atoms with van der Waals surface area (Å²) < 4.78 is 4.33. The van der Waals surface area contributed by atoms with E-state index < -0.39 is 12.0 Å². The zero-order chi connectivity index (χ0) is 7.98. The number of carbonyl (C=O) groups excluding carboxylic acids is 2. The fourth-order valence-corrected chi connectivity index (χ4v) is 0.517. The molecule has 0 aromatic carbocycles. The van der Waals surface area contributed by atoms with E-state index in [1.54, 1.807) is 0 Å². The van der Waals surface area contributed by atoms with Gasteiger partial charge in [0, 0.05) is 6.42 Å². The Morgan fingerprint density at radius 2 is 2.40 bits per heavy atom. The van der Waals surface area contributed by atoms with Crippen LogP contribution in [-0.2, 0) is 14.3 Å². The number of rotatable bonds is 4. The SMILES string of the molecule is COC(=O)C(N)CCC=O. The third kappa shape index (κ3) is 3.19. The smallest absolute Gasteiger partial charge is 0.322 e. The molecule has 4 nitrogen and oxygen atoms in total. The van der Waals surface area contributed by atoms with Crippen molar-refractivity contribution >= 4 is 12.3 Å². The lowest BCUT2D eigenvalue weighted by molar-refractivity contribution is -0.142. The summed E-state index contributed by atoms with van der Waals surface area (Å²) in [7, 11) is 1.27. The van der Waals surface area contributed by atoms with E-state index in [1.807, 2.05) is 0 Å². The topological polar surface area (TPSA) is 69.4 Å². The monoisotopic (exact) mass is 145 g/mol. The van der Waals surface area contributed by atoms with Gasteiger partial charge in [-0.05, 0) is 6.42 Å². The molecule has 0 saturated carbocycles. The molecule has 1 unspecified atom stereocenters. The molecular weight excluding hydrogens is 134 g/mol. The number of methoxy groups -OCH3 is 1. The van der Waals surface area contributed by atoms with Gasteiger partial charge in [-0.3, -0.25) is 4.79 Å². The molecule has 0 fully saturated rings. The maximum Gasteiger partial charge on any atom is 0.322 e. The third-order valence-corrected chi connectivity index (χ3v) is 1.10. The van der Waals surface area contributed by atoms with Crippen molar-refractivity contribution in [3.05, 3.63) is 0 Å². The number of hydrogen-bond donors (Lipinski definition) is 1. The molecule has 0 heterocycles. The van der Waals surface area contributed by atoms with Crippen molar-refractivity contribution in [2.24, 2.45) is 5.73 Å². The molecule has 0 aromatic rings. The number of hydrogen-bond acceptors (Lipinski definition) is 4. The zero-order valence-corrected chi connectivity index (χ0v) is 5.87. The van der Waals surface area contributed by atoms with Crippen LogP contribution in [0.2, 0.25) is 0 Å². The van der Waals surface area contributed by atoms with Gasteiger partial charge in [0.2, 0.25) is 0 Å². The van der Waals surface area contributed by atoms with Crippen LogP contribution in [0.3, 0.4) is 0 Å². The summed E-state index contributed by atoms with van der Waals surface area (Å²) in [5.41, 5.74) is 5.28. The van der Waals surface area contributed by atoms with Gasteiger partial charge in [-0.15, -0.1) is 0 Å². The lowest BCUT2D eigenvalue weighted by Crippen LogP contribution is -2.31. The van der Waals surface area contributed by atoms with Crippen LogP contribution in [0.4, 0.5) is 0 Å². The summed E-state index contributed by atoms with van der Waals surface area (Å²) in [6, 6.07) is -0.657. The second-order valence-electron chi connectivity index (χ2n) is 1.87. The predicted molar refractivity (Wildman–Crippen MR) is 35.3 cm³/mol. The van der Waals surface area contributed by atoms with E-state index in [0.717, 1.165) is 6.29 Å². The van der Waals surface area contributed by atoms with Crippen LogP contribution in [0.1, 0.15) is 12.8 Å². The summed E-state index contributed by atoms with van der Waals surface area (Å²) in [5, 5.41) is 0. The Morgan fingerprint density at radius 3 is 2.80 bits per heavy atom. The molecule has 0 aliphatic carbocycles. The highest BCUT2D eigenvalue weighted by Gasteiger charge is 2.11. The van der Waals surface area contributed by atoms with Crippen LogP contribution in [0, 0.1) is 0 Å². The summed E-state index contributed by atoms with van der Waals surface area (Å²) in [6.07, 6.45) is 1.38. The maximum absolute atomic E-state index is 10.6. The van der Waals surface area contributed by atoms with E-state index in [1.165, 1.54) is 7.11 Å². The van der Waals surface area contributed by atoms with Crippen LogP contribution in [0.15, 0.2) is 0 Å². The Morgan fingerprint density at radius 1 is 1.80 bits per heavy atom. The van der Waals surface area contributed by atoms with Crippen molar-refractivity contribution in [3.8, 4) is 0 Å². The van der Waals surface area contributed by atoms with E-state index >= 15 is 0 Å². The van der Waals surface area contributed by atoms with Crippen molar-refractivity contribution in [2.75, 3.05) is 7.11 Å². The average Bonchev–Trinajstić information content (AvgIpc) is 1.98. The lowest BCUT2D eigenvalue weighted by atomic mass is 10.2. The first-order valence-electron chi connectivity index (χ1n) is 2.99. The number of aldehydes is 1. The molecular formula is C6H11NO3. The molecule has 0 aliphatic heterocycles. The van der Waals surface area contributed by atoms with E-state index in [0.29, 0.717) is 12.8 Å². The van der Waals surface area contributed by atoms with Gasteiger partial charge in [-0.25, -0.2) is 0 Å². The van der Waals surface area contributed by atoms with Gasteiger partial charge in [-0.1, -0.05) is 0 Å². The van der Waals surface area contributed by atoms with E-state index in [-0.39, 0.29) is 0 Å². The van der Waals surface area contributed by atoms with Gasteiger partial charge in [-0.2, -0.15) is 0 Å². The highest BCUT2D eigenvalue weighted by atomic mass is 16.5. The van der Waals surface area contributed by atoms with Crippen LogP contribution >= 0.6 is 0 Å². The van der Waals surface area contributed by atoms with Crippen LogP contribution in [-0.4, -0.2) is 25.4 Å². The number of esters is 1. The molecule has 0 aromatic heterocycles. The molecule has 0 spiro atoms. The quantitative estimate of drug-likeness (QED) is 0.426. The number of nitrogens with two attached hydrogens (primary N) is 1. The molecule has 0 aliphatic rings. The van der Waals surface area contributed by atoms with Gasteiger partial charge in [0.1, 0.15) is 12.3 Å². The van der Waals surface area contributed by atoms with Crippen molar-refractivity contribution in [3.63, 3.8) is 0 Å². The second-order valence-corrected chi connectivity index (χ2v) is 1.87. The zero-order valence-electron chi connectivity index (χ0n) is 5.87. The van der Waals surface area contributed by atoms with Gasteiger partial charge in [0.15, 0.2) is 0 Å².